The Morgan fingerprint density at radius 1 is 1.21 bits per heavy atom. The Balaban J connectivity index is 2.20. The van der Waals surface area contributed by atoms with Gasteiger partial charge in [-0.1, -0.05) is 18.2 Å². The molecule has 7 heteroatoms. The van der Waals surface area contributed by atoms with Crippen LogP contribution >= 0.6 is 12.2 Å². The van der Waals surface area contributed by atoms with Crippen LogP contribution < -0.4 is 25.4 Å². The van der Waals surface area contributed by atoms with Crippen LogP contribution in [0, 0.1) is 0 Å². The molecule has 3 N–H and O–H groups in total. The molecule has 0 heterocycles. The highest BCUT2D eigenvalue weighted by Crippen LogP contribution is 2.31. The van der Waals surface area contributed by atoms with E-state index in [-0.39, 0.29) is 5.11 Å². The zero-order chi connectivity index (χ0) is 17.4. The van der Waals surface area contributed by atoms with Crippen molar-refractivity contribution in [3.8, 4) is 17.2 Å². The summed E-state index contributed by atoms with van der Waals surface area (Å²) in [5, 5.41) is 4.05. The first-order chi connectivity index (χ1) is 11.6. The van der Waals surface area contributed by atoms with E-state index in [1.54, 1.807) is 20.4 Å². The zero-order valence-corrected chi connectivity index (χ0v) is 14.3. The predicted octanol–water partition coefficient (Wildman–Crippen LogP) is 2.45. The first-order valence-electron chi connectivity index (χ1n) is 7.15. The van der Waals surface area contributed by atoms with Crippen molar-refractivity contribution in [2.24, 2.45) is 10.8 Å². The normalized spacial score (nSPS) is 10.4. The molecule has 0 aliphatic heterocycles. The SMILES string of the molecule is COc1cccc(COc2c(C=NNC(N)=S)cccc2OC)c1. The number of rotatable bonds is 7. The van der Waals surface area contributed by atoms with Gasteiger partial charge in [-0.3, -0.25) is 5.43 Å². The Kier molecular flexibility index (Phi) is 6.39. The van der Waals surface area contributed by atoms with Crippen molar-refractivity contribution in [1.82, 2.24) is 5.43 Å². The van der Waals surface area contributed by atoms with Crippen LogP contribution in [0.1, 0.15) is 11.1 Å². The molecule has 0 unspecified atom stereocenters. The summed E-state index contributed by atoms with van der Waals surface area (Å²) >= 11 is 4.72. The molecule has 0 saturated heterocycles. The van der Waals surface area contributed by atoms with E-state index in [4.69, 9.17) is 32.2 Å². The molecule has 0 spiro atoms. The van der Waals surface area contributed by atoms with Crippen LogP contribution in [0.25, 0.3) is 0 Å². The summed E-state index contributed by atoms with van der Waals surface area (Å²) < 4.78 is 16.5. The van der Waals surface area contributed by atoms with E-state index >= 15 is 0 Å². The number of methoxy groups -OCH3 is 2. The molecule has 2 aromatic carbocycles. The quantitative estimate of drug-likeness (QED) is 0.456. The van der Waals surface area contributed by atoms with Crippen molar-refractivity contribution >= 4 is 23.5 Å². The summed E-state index contributed by atoms with van der Waals surface area (Å²) in [6.45, 7) is 0.362. The largest absolute Gasteiger partial charge is 0.497 e. The lowest BCUT2D eigenvalue weighted by atomic mass is 10.2. The van der Waals surface area contributed by atoms with E-state index < -0.39 is 0 Å². The maximum absolute atomic E-state index is 5.94. The van der Waals surface area contributed by atoms with E-state index in [0.29, 0.717) is 18.1 Å². The lowest BCUT2D eigenvalue weighted by Crippen LogP contribution is -2.24. The summed E-state index contributed by atoms with van der Waals surface area (Å²) in [4.78, 5) is 0. The van der Waals surface area contributed by atoms with Gasteiger partial charge >= 0.3 is 0 Å². The number of nitrogens with one attached hydrogen (secondary N) is 1. The highest BCUT2D eigenvalue weighted by atomic mass is 32.1. The Labute approximate surface area is 146 Å². The molecular weight excluding hydrogens is 326 g/mol. The minimum Gasteiger partial charge on any atom is -0.497 e. The topological polar surface area (TPSA) is 78.1 Å². The minimum absolute atomic E-state index is 0.0907. The minimum atomic E-state index is 0.0907. The van der Waals surface area contributed by atoms with Crippen LogP contribution in [0.4, 0.5) is 0 Å². The zero-order valence-electron chi connectivity index (χ0n) is 13.5. The van der Waals surface area contributed by atoms with Crippen molar-refractivity contribution in [2.45, 2.75) is 6.61 Å². The van der Waals surface area contributed by atoms with Crippen LogP contribution in [-0.4, -0.2) is 25.5 Å². The average Bonchev–Trinajstić information content (AvgIpc) is 2.60. The molecule has 0 aromatic heterocycles. The van der Waals surface area contributed by atoms with Gasteiger partial charge in [-0.25, -0.2) is 0 Å². The first kappa shape index (κ1) is 17.6. The molecule has 126 valence electrons. The third kappa shape index (κ3) is 4.85. The van der Waals surface area contributed by atoms with Crippen molar-refractivity contribution in [1.29, 1.82) is 0 Å². The molecule has 0 saturated carbocycles. The summed E-state index contributed by atoms with van der Waals surface area (Å²) in [6, 6.07) is 13.2. The van der Waals surface area contributed by atoms with Gasteiger partial charge in [0.1, 0.15) is 12.4 Å². The highest BCUT2D eigenvalue weighted by Gasteiger charge is 2.10. The molecule has 0 radical (unpaired) electrons. The molecule has 2 aromatic rings. The number of benzene rings is 2. The van der Waals surface area contributed by atoms with Gasteiger partial charge < -0.3 is 19.9 Å². The molecular formula is C17H19N3O3S. The van der Waals surface area contributed by atoms with Crippen LogP contribution in [0.2, 0.25) is 0 Å². The van der Waals surface area contributed by atoms with E-state index in [0.717, 1.165) is 16.9 Å². The van der Waals surface area contributed by atoms with Crippen molar-refractivity contribution < 1.29 is 14.2 Å². The maximum atomic E-state index is 5.94. The monoisotopic (exact) mass is 345 g/mol. The summed E-state index contributed by atoms with van der Waals surface area (Å²) in [5.74, 6) is 1.96. The second-order valence-corrected chi connectivity index (χ2v) is 5.19. The first-order valence-corrected chi connectivity index (χ1v) is 7.56. The summed E-state index contributed by atoms with van der Waals surface area (Å²) in [5.41, 5.74) is 9.58. The van der Waals surface area contributed by atoms with Gasteiger partial charge in [0, 0.05) is 5.56 Å². The van der Waals surface area contributed by atoms with Crippen molar-refractivity contribution in [3.05, 3.63) is 53.6 Å². The molecule has 0 bridgehead atoms. The predicted molar refractivity (Wildman–Crippen MR) is 97.8 cm³/mol. The van der Waals surface area contributed by atoms with Crippen molar-refractivity contribution in [3.63, 3.8) is 0 Å². The fourth-order valence-corrected chi connectivity index (χ4v) is 2.09. The summed E-state index contributed by atoms with van der Waals surface area (Å²) in [6.07, 6.45) is 1.57. The number of hydrogen-bond acceptors (Lipinski definition) is 5. The van der Waals surface area contributed by atoms with Gasteiger partial charge in [-0.15, -0.1) is 0 Å². The van der Waals surface area contributed by atoms with E-state index in [9.17, 15) is 0 Å². The molecule has 6 nitrogen and oxygen atoms in total. The van der Waals surface area contributed by atoms with Gasteiger partial charge in [-0.05, 0) is 42.0 Å². The highest BCUT2D eigenvalue weighted by molar-refractivity contribution is 7.80. The van der Waals surface area contributed by atoms with E-state index in [1.807, 2.05) is 42.5 Å². The number of para-hydroxylation sites is 1. The van der Waals surface area contributed by atoms with Gasteiger partial charge in [0.2, 0.25) is 0 Å². The van der Waals surface area contributed by atoms with Crippen LogP contribution in [0.15, 0.2) is 47.6 Å². The molecule has 24 heavy (non-hydrogen) atoms. The number of hydrazone groups is 1. The Morgan fingerprint density at radius 3 is 2.71 bits per heavy atom. The smallest absolute Gasteiger partial charge is 0.184 e. The van der Waals surface area contributed by atoms with Crippen molar-refractivity contribution in [2.75, 3.05) is 14.2 Å². The van der Waals surface area contributed by atoms with Gasteiger partial charge in [0.05, 0.1) is 20.4 Å². The second-order valence-electron chi connectivity index (χ2n) is 4.75. The Bertz CT molecular complexity index is 735. The second kappa shape index (κ2) is 8.73. The van der Waals surface area contributed by atoms with E-state index in [1.165, 1.54) is 0 Å². The molecule has 0 fully saturated rings. The maximum Gasteiger partial charge on any atom is 0.184 e. The molecule has 2 rings (SSSR count). The third-order valence-corrected chi connectivity index (χ3v) is 3.22. The standard InChI is InChI=1S/C17H19N3O3S/c1-21-14-7-3-5-12(9-14)11-23-16-13(10-19-20-17(18)24)6-4-8-15(16)22-2/h3-10H,11H2,1-2H3,(H3,18,20,24). The summed E-state index contributed by atoms with van der Waals surface area (Å²) in [7, 11) is 3.21. The molecule has 0 atom stereocenters. The molecule has 0 aliphatic carbocycles. The van der Waals surface area contributed by atoms with Gasteiger partial charge in [-0.2, -0.15) is 5.10 Å². The fraction of sp³-hybridized carbons (Fsp3) is 0.176. The number of thiocarbonyl (C=S) groups is 1. The Morgan fingerprint density at radius 2 is 2.00 bits per heavy atom. The van der Waals surface area contributed by atoms with E-state index in [2.05, 4.69) is 10.5 Å². The molecule has 0 amide bonds. The number of nitrogens with two attached hydrogens (primary N) is 1. The Hall–Kier alpha value is -2.80. The lowest BCUT2D eigenvalue weighted by Gasteiger charge is -2.13. The fourth-order valence-electron chi connectivity index (χ4n) is 2.03. The van der Waals surface area contributed by atoms with Crippen LogP contribution in [0.5, 0.6) is 17.2 Å². The lowest BCUT2D eigenvalue weighted by molar-refractivity contribution is 0.283. The van der Waals surface area contributed by atoms with Crippen LogP contribution in [0.3, 0.4) is 0 Å². The number of hydrogen-bond donors (Lipinski definition) is 2. The van der Waals surface area contributed by atoms with Crippen LogP contribution in [-0.2, 0) is 6.61 Å². The molecule has 0 aliphatic rings. The third-order valence-electron chi connectivity index (χ3n) is 3.12. The van der Waals surface area contributed by atoms with Gasteiger partial charge in [0.25, 0.3) is 0 Å². The number of ether oxygens (including phenoxy) is 3. The number of nitrogens with zero attached hydrogens (tertiary/aromatic N) is 1. The average molecular weight is 345 g/mol. The van der Waals surface area contributed by atoms with Gasteiger partial charge in [0.15, 0.2) is 16.6 Å².